The van der Waals surface area contributed by atoms with Crippen molar-refractivity contribution < 1.29 is 13.2 Å². The lowest BCUT2D eigenvalue weighted by atomic mass is 10.0. The summed E-state index contributed by atoms with van der Waals surface area (Å²) < 4.78 is 26.8. The summed E-state index contributed by atoms with van der Waals surface area (Å²) in [6.07, 6.45) is 4.84. The molecule has 31 heavy (non-hydrogen) atoms. The van der Waals surface area contributed by atoms with Gasteiger partial charge in [-0.05, 0) is 43.5 Å². The number of nitrogens with zero attached hydrogens (tertiary/aromatic N) is 4. The fraction of sp³-hybridized carbons (Fsp3) is 0.381. The molecule has 1 atom stereocenters. The van der Waals surface area contributed by atoms with E-state index in [1.54, 1.807) is 11.1 Å². The predicted molar refractivity (Wildman–Crippen MR) is 124 cm³/mol. The molecule has 164 valence electrons. The summed E-state index contributed by atoms with van der Waals surface area (Å²) in [4.78, 5) is 24.4. The molecule has 1 saturated heterocycles. The molecule has 1 aliphatic heterocycles. The summed E-state index contributed by atoms with van der Waals surface area (Å²) in [5.74, 6) is -0.288. The van der Waals surface area contributed by atoms with Crippen LogP contribution >= 0.6 is 22.9 Å². The van der Waals surface area contributed by atoms with Gasteiger partial charge in [0, 0.05) is 12.7 Å². The smallest absolute Gasteiger partial charge is 0.247 e. The van der Waals surface area contributed by atoms with Gasteiger partial charge in [-0.3, -0.25) is 14.7 Å². The first-order valence-electron chi connectivity index (χ1n) is 9.99. The lowest BCUT2D eigenvalue weighted by Crippen LogP contribution is -2.52. The Balaban J connectivity index is 1.78. The maximum Gasteiger partial charge on any atom is 0.247 e. The molecule has 10 heteroatoms. The van der Waals surface area contributed by atoms with Crippen molar-refractivity contribution in [2.45, 2.75) is 38.8 Å². The minimum Gasteiger partial charge on any atom is -0.281 e. The molecule has 1 fully saturated rings. The average Bonchev–Trinajstić information content (AvgIpc) is 3.21. The van der Waals surface area contributed by atoms with Gasteiger partial charge in [-0.1, -0.05) is 41.5 Å². The van der Waals surface area contributed by atoms with Crippen LogP contribution in [0.15, 0.2) is 36.5 Å². The minimum atomic E-state index is -3.51. The normalized spacial score (nSPS) is 17.7. The van der Waals surface area contributed by atoms with Crippen LogP contribution in [0, 0.1) is 6.92 Å². The van der Waals surface area contributed by atoms with Crippen LogP contribution in [0.1, 0.15) is 30.5 Å². The molecule has 1 aromatic carbocycles. The van der Waals surface area contributed by atoms with E-state index in [2.05, 4.69) is 4.98 Å². The zero-order valence-corrected chi connectivity index (χ0v) is 19.7. The van der Waals surface area contributed by atoms with Crippen LogP contribution < -0.4 is 4.90 Å². The van der Waals surface area contributed by atoms with Crippen molar-refractivity contribution in [2.75, 3.05) is 17.7 Å². The van der Waals surface area contributed by atoms with Crippen molar-refractivity contribution >= 4 is 54.2 Å². The third kappa shape index (κ3) is 4.59. The van der Waals surface area contributed by atoms with E-state index in [4.69, 9.17) is 16.6 Å². The Kier molecular flexibility index (Phi) is 6.30. The molecule has 1 unspecified atom stereocenters. The standard InChI is InChI=1S/C21H23ClN4O3S2/c1-14-9-10-16(22)19-18(14)24-21(30-19)25(13-15-7-3-5-11-23-15)20(27)17-8-4-6-12-26(17)31(2,28)29/h3,5,7,9-11,17H,4,6,8,12-13H2,1-2H3. The number of rotatable bonds is 5. The minimum absolute atomic E-state index is 0.199. The van der Waals surface area contributed by atoms with Crippen molar-refractivity contribution in [3.63, 3.8) is 0 Å². The zero-order chi connectivity index (χ0) is 22.2. The lowest BCUT2D eigenvalue weighted by Gasteiger charge is -2.35. The first-order chi connectivity index (χ1) is 14.8. The SMILES string of the molecule is Cc1ccc(Cl)c2sc(N(Cc3ccccn3)C(=O)C3CCCCN3S(C)(=O)=O)nc12. The molecule has 1 amide bonds. The van der Waals surface area contributed by atoms with Gasteiger partial charge in [0.2, 0.25) is 15.9 Å². The number of aryl methyl sites for hydroxylation is 1. The van der Waals surface area contributed by atoms with E-state index in [0.29, 0.717) is 28.8 Å². The Morgan fingerprint density at radius 3 is 2.77 bits per heavy atom. The Hall–Kier alpha value is -2.07. The average molecular weight is 479 g/mol. The number of anilines is 1. The van der Waals surface area contributed by atoms with Crippen molar-refractivity contribution in [1.29, 1.82) is 0 Å². The second kappa shape index (κ2) is 8.82. The van der Waals surface area contributed by atoms with E-state index in [1.807, 2.05) is 37.3 Å². The Labute approximate surface area is 190 Å². The highest BCUT2D eigenvalue weighted by molar-refractivity contribution is 7.88. The Morgan fingerprint density at radius 1 is 1.29 bits per heavy atom. The molecule has 1 aliphatic rings. The van der Waals surface area contributed by atoms with E-state index in [1.165, 1.54) is 15.6 Å². The monoisotopic (exact) mass is 478 g/mol. The zero-order valence-electron chi connectivity index (χ0n) is 17.3. The highest BCUT2D eigenvalue weighted by atomic mass is 35.5. The number of carbonyl (C=O) groups is 1. The van der Waals surface area contributed by atoms with Gasteiger partial charge in [0.05, 0.1) is 33.7 Å². The van der Waals surface area contributed by atoms with Crippen LogP contribution in [0.4, 0.5) is 5.13 Å². The number of carbonyl (C=O) groups excluding carboxylic acids is 1. The maximum absolute atomic E-state index is 13.7. The van der Waals surface area contributed by atoms with E-state index in [0.717, 1.165) is 34.9 Å². The maximum atomic E-state index is 13.7. The summed E-state index contributed by atoms with van der Waals surface area (Å²) >= 11 is 7.72. The van der Waals surface area contributed by atoms with Crippen LogP contribution in [0.2, 0.25) is 5.02 Å². The third-order valence-corrected chi connectivity index (χ3v) is 8.22. The van der Waals surface area contributed by atoms with E-state index >= 15 is 0 Å². The van der Waals surface area contributed by atoms with E-state index in [9.17, 15) is 13.2 Å². The quantitative estimate of drug-likeness (QED) is 0.553. The van der Waals surface area contributed by atoms with Gasteiger partial charge in [0.15, 0.2) is 5.13 Å². The molecule has 0 saturated carbocycles. The number of fused-ring (bicyclic) bond motifs is 1. The molecule has 7 nitrogen and oxygen atoms in total. The predicted octanol–water partition coefficient (Wildman–Crippen LogP) is 4.00. The third-order valence-electron chi connectivity index (χ3n) is 5.39. The molecule has 2 aromatic heterocycles. The van der Waals surface area contributed by atoms with E-state index in [-0.39, 0.29) is 12.5 Å². The number of piperidine rings is 1. The van der Waals surface area contributed by atoms with Crippen LogP contribution in [-0.2, 0) is 21.4 Å². The fourth-order valence-electron chi connectivity index (χ4n) is 3.83. The highest BCUT2D eigenvalue weighted by Gasteiger charge is 2.38. The van der Waals surface area contributed by atoms with E-state index < -0.39 is 16.1 Å². The number of aromatic nitrogens is 2. The van der Waals surface area contributed by atoms with Crippen LogP contribution in [0.5, 0.6) is 0 Å². The Morgan fingerprint density at radius 2 is 2.10 bits per heavy atom. The fourth-order valence-corrected chi connectivity index (χ4v) is 6.27. The molecule has 0 N–H and O–H groups in total. The summed E-state index contributed by atoms with van der Waals surface area (Å²) in [6.45, 7) is 2.49. The van der Waals surface area contributed by atoms with Gasteiger partial charge in [0.25, 0.3) is 0 Å². The largest absolute Gasteiger partial charge is 0.281 e. The van der Waals surface area contributed by atoms with Crippen LogP contribution in [0.25, 0.3) is 10.2 Å². The lowest BCUT2D eigenvalue weighted by molar-refractivity contribution is -0.123. The van der Waals surface area contributed by atoms with Crippen molar-refractivity contribution in [1.82, 2.24) is 14.3 Å². The number of hydrogen-bond acceptors (Lipinski definition) is 6. The molecule has 0 aliphatic carbocycles. The van der Waals surface area contributed by atoms with Crippen molar-refractivity contribution in [3.8, 4) is 0 Å². The summed E-state index contributed by atoms with van der Waals surface area (Å²) in [5, 5.41) is 1.06. The second-order valence-electron chi connectivity index (χ2n) is 7.67. The number of hydrogen-bond donors (Lipinski definition) is 0. The molecule has 0 spiro atoms. The number of thiazole rings is 1. The molecular weight excluding hydrogens is 456 g/mol. The highest BCUT2D eigenvalue weighted by Crippen LogP contribution is 2.37. The topological polar surface area (TPSA) is 83.5 Å². The molecule has 0 radical (unpaired) electrons. The van der Waals surface area contributed by atoms with Crippen LogP contribution in [-0.4, -0.2) is 47.4 Å². The molecular formula is C21H23ClN4O3S2. The number of benzene rings is 1. The van der Waals surface area contributed by atoms with Gasteiger partial charge >= 0.3 is 0 Å². The van der Waals surface area contributed by atoms with Crippen molar-refractivity contribution in [2.24, 2.45) is 0 Å². The first-order valence-corrected chi connectivity index (χ1v) is 13.0. The molecule has 3 heterocycles. The number of amides is 1. The number of pyridine rings is 1. The summed E-state index contributed by atoms with van der Waals surface area (Å²) in [5.41, 5.74) is 2.40. The molecule has 0 bridgehead atoms. The van der Waals surface area contributed by atoms with Gasteiger partial charge in [-0.15, -0.1) is 0 Å². The van der Waals surface area contributed by atoms with Crippen LogP contribution in [0.3, 0.4) is 0 Å². The van der Waals surface area contributed by atoms with Gasteiger partial charge in [-0.25, -0.2) is 13.4 Å². The molecule has 4 rings (SSSR count). The van der Waals surface area contributed by atoms with Crippen molar-refractivity contribution in [3.05, 3.63) is 52.8 Å². The molecule has 3 aromatic rings. The summed E-state index contributed by atoms with van der Waals surface area (Å²) in [6, 6.07) is 8.46. The van der Waals surface area contributed by atoms with Gasteiger partial charge < -0.3 is 0 Å². The summed E-state index contributed by atoms with van der Waals surface area (Å²) in [7, 11) is -3.51. The number of sulfonamides is 1. The first kappa shape index (κ1) is 22.1. The van der Waals surface area contributed by atoms with Gasteiger partial charge in [-0.2, -0.15) is 4.31 Å². The van der Waals surface area contributed by atoms with Gasteiger partial charge in [0.1, 0.15) is 6.04 Å². The second-order valence-corrected chi connectivity index (χ2v) is 11.0. The Bertz CT molecular complexity index is 1180. The number of halogens is 1.